The van der Waals surface area contributed by atoms with Crippen LogP contribution in [0.25, 0.3) is 0 Å². The van der Waals surface area contributed by atoms with Gasteiger partial charge in [-0.2, -0.15) is 0 Å². The highest BCUT2D eigenvalue weighted by Crippen LogP contribution is 2.67. The van der Waals surface area contributed by atoms with Crippen LogP contribution in [0.1, 0.15) is 97.3 Å². The van der Waals surface area contributed by atoms with Gasteiger partial charge in [0.05, 0.1) is 7.11 Å². The third-order valence-electron chi connectivity index (χ3n) is 9.94. The largest absolute Gasteiger partial charge is 0.469 e. The lowest BCUT2D eigenvalue weighted by atomic mass is 9.45. The standard InChI is InChI=1S/C24H40O2/c1-23-15-5-4-7-17(23)10-12-19-20-13-11-18(8-6-9-22(25)26-3)24(20,2)16-14-21(19)23/h17-21H,4-16H2,1-3H3/t17?,18?,19?,20?,21?,23?,24-/m1/s1. The predicted octanol–water partition coefficient (Wildman–Crippen LogP) is 6.38. The second-order valence-corrected chi connectivity index (χ2v) is 10.7. The first-order valence-corrected chi connectivity index (χ1v) is 11.6. The van der Waals surface area contributed by atoms with Crippen molar-refractivity contribution in [3.63, 3.8) is 0 Å². The van der Waals surface area contributed by atoms with Crippen molar-refractivity contribution in [3.05, 3.63) is 0 Å². The lowest BCUT2D eigenvalue weighted by Gasteiger charge is -2.60. The summed E-state index contributed by atoms with van der Waals surface area (Å²) in [5.74, 6) is 4.81. The molecule has 4 saturated carbocycles. The van der Waals surface area contributed by atoms with E-state index >= 15 is 0 Å². The number of esters is 1. The molecular weight excluding hydrogens is 320 g/mol. The first-order chi connectivity index (χ1) is 12.5. The second kappa shape index (κ2) is 7.13. The lowest BCUT2D eigenvalue weighted by molar-refractivity contribution is -0.140. The molecule has 4 rings (SSSR count). The van der Waals surface area contributed by atoms with Crippen molar-refractivity contribution in [2.24, 2.45) is 40.4 Å². The van der Waals surface area contributed by atoms with Crippen LogP contribution >= 0.6 is 0 Å². The Kier molecular flexibility index (Phi) is 5.16. The van der Waals surface area contributed by atoms with Gasteiger partial charge in [0.2, 0.25) is 0 Å². The number of ether oxygens (including phenoxy) is 1. The van der Waals surface area contributed by atoms with Gasteiger partial charge in [-0.1, -0.05) is 26.7 Å². The fraction of sp³-hybridized carbons (Fsp3) is 0.958. The number of carbonyl (C=O) groups is 1. The Balaban J connectivity index is 1.45. The maximum Gasteiger partial charge on any atom is 0.305 e. The Morgan fingerprint density at radius 3 is 2.54 bits per heavy atom. The summed E-state index contributed by atoms with van der Waals surface area (Å²) in [7, 11) is 1.51. The molecule has 6 unspecified atom stereocenters. The highest BCUT2D eigenvalue weighted by molar-refractivity contribution is 5.68. The van der Waals surface area contributed by atoms with E-state index in [1.54, 1.807) is 0 Å². The molecule has 0 spiro atoms. The van der Waals surface area contributed by atoms with Gasteiger partial charge in [0, 0.05) is 6.42 Å². The zero-order valence-electron chi connectivity index (χ0n) is 17.4. The zero-order chi connectivity index (χ0) is 18.4. The molecule has 0 radical (unpaired) electrons. The minimum atomic E-state index is -0.0306. The topological polar surface area (TPSA) is 26.3 Å². The van der Waals surface area contributed by atoms with Gasteiger partial charge in [-0.05, 0) is 105 Å². The maximum absolute atomic E-state index is 11.5. The number of methoxy groups -OCH3 is 1. The molecule has 0 aromatic carbocycles. The quantitative estimate of drug-likeness (QED) is 0.544. The summed E-state index contributed by atoms with van der Waals surface area (Å²) < 4.78 is 4.84. The van der Waals surface area contributed by atoms with Crippen LogP contribution in [0, 0.1) is 40.4 Å². The molecule has 2 nitrogen and oxygen atoms in total. The summed E-state index contributed by atoms with van der Waals surface area (Å²) >= 11 is 0. The summed E-state index contributed by atoms with van der Waals surface area (Å²) in [4.78, 5) is 11.5. The van der Waals surface area contributed by atoms with Crippen LogP contribution in [0.5, 0.6) is 0 Å². The molecule has 4 fully saturated rings. The van der Waals surface area contributed by atoms with E-state index in [1.807, 2.05) is 0 Å². The van der Waals surface area contributed by atoms with Gasteiger partial charge >= 0.3 is 5.97 Å². The molecule has 0 aliphatic heterocycles. The molecule has 7 atom stereocenters. The molecule has 0 heterocycles. The number of fused-ring (bicyclic) bond motifs is 5. The molecule has 0 amide bonds. The van der Waals surface area contributed by atoms with Gasteiger partial charge in [0.15, 0.2) is 0 Å². The first kappa shape index (κ1) is 18.8. The smallest absolute Gasteiger partial charge is 0.305 e. The average molecular weight is 361 g/mol. The maximum atomic E-state index is 11.5. The third-order valence-corrected chi connectivity index (χ3v) is 9.94. The average Bonchev–Trinajstić information content (AvgIpc) is 2.97. The molecule has 2 heteroatoms. The van der Waals surface area contributed by atoms with Crippen molar-refractivity contribution < 1.29 is 9.53 Å². The molecule has 0 aromatic heterocycles. The monoisotopic (exact) mass is 360 g/mol. The van der Waals surface area contributed by atoms with Crippen LogP contribution in [-0.4, -0.2) is 13.1 Å². The van der Waals surface area contributed by atoms with Crippen LogP contribution in [0.2, 0.25) is 0 Å². The zero-order valence-corrected chi connectivity index (χ0v) is 17.4. The molecule has 0 saturated heterocycles. The van der Waals surface area contributed by atoms with Gasteiger partial charge in [-0.15, -0.1) is 0 Å². The molecule has 4 aliphatic rings. The van der Waals surface area contributed by atoms with E-state index in [0.29, 0.717) is 17.3 Å². The second-order valence-electron chi connectivity index (χ2n) is 10.7. The Bertz CT molecular complexity index is 528. The van der Waals surface area contributed by atoms with Crippen LogP contribution < -0.4 is 0 Å². The highest BCUT2D eigenvalue weighted by Gasteiger charge is 2.59. The van der Waals surface area contributed by atoms with E-state index in [0.717, 1.165) is 36.0 Å². The van der Waals surface area contributed by atoms with Gasteiger partial charge in [0.25, 0.3) is 0 Å². The molecule has 148 valence electrons. The minimum Gasteiger partial charge on any atom is -0.469 e. The van der Waals surface area contributed by atoms with Gasteiger partial charge in [-0.25, -0.2) is 0 Å². The van der Waals surface area contributed by atoms with E-state index in [9.17, 15) is 4.79 Å². The molecule has 0 bridgehead atoms. The Morgan fingerprint density at radius 1 is 0.923 bits per heavy atom. The Morgan fingerprint density at radius 2 is 1.73 bits per heavy atom. The highest BCUT2D eigenvalue weighted by atomic mass is 16.5. The lowest BCUT2D eigenvalue weighted by Crippen LogP contribution is -2.52. The summed E-state index contributed by atoms with van der Waals surface area (Å²) in [6.07, 6.45) is 17.7. The first-order valence-electron chi connectivity index (χ1n) is 11.6. The third kappa shape index (κ3) is 2.94. The minimum absolute atomic E-state index is 0.0306. The van der Waals surface area contributed by atoms with E-state index in [2.05, 4.69) is 13.8 Å². The van der Waals surface area contributed by atoms with Crippen LogP contribution in [0.15, 0.2) is 0 Å². The Hall–Kier alpha value is -0.530. The summed E-state index contributed by atoms with van der Waals surface area (Å²) in [6, 6.07) is 0. The van der Waals surface area contributed by atoms with Crippen LogP contribution in [0.4, 0.5) is 0 Å². The number of hydrogen-bond acceptors (Lipinski definition) is 2. The summed E-state index contributed by atoms with van der Waals surface area (Å²) in [6.45, 7) is 5.30. The molecule has 0 N–H and O–H groups in total. The summed E-state index contributed by atoms with van der Waals surface area (Å²) in [5.41, 5.74) is 1.21. The van der Waals surface area contributed by atoms with Gasteiger partial charge in [0.1, 0.15) is 0 Å². The van der Waals surface area contributed by atoms with Gasteiger partial charge < -0.3 is 4.74 Å². The van der Waals surface area contributed by atoms with Crippen molar-refractivity contribution in [1.82, 2.24) is 0 Å². The Labute approximate surface area is 160 Å². The van der Waals surface area contributed by atoms with E-state index in [1.165, 1.54) is 77.7 Å². The molecular formula is C24H40O2. The van der Waals surface area contributed by atoms with Crippen molar-refractivity contribution in [2.75, 3.05) is 7.11 Å². The van der Waals surface area contributed by atoms with Crippen LogP contribution in [-0.2, 0) is 9.53 Å². The van der Waals surface area contributed by atoms with Gasteiger partial charge in [-0.3, -0.25) is 4.79 Å². The van der Waals surface area contributed by atoms with Crippen LogP contribution in [0.3, 0.4) is 0 Å². The molecule has 26 heavy (non-hydrogen) atoms. The molecule has 4 aliphatic carbocycles. The van der Waals surface area contributed by atoms with E-state index in [4.69, 9.17) is 4.74 Å². The van der Waals surface area contributed by atoms with E-state index < -0.39 is 0 Å². The van der Waals surface area contributed by atoms with Crippen molar-refractivity contribution in [1.29, 1.82) is 0 Å². The number of carbonyl (C=O) groups excluding carboxylic acids is 1. The fourth-order valence-corrected chi connectivity index (χ4v) is 8.47. The fourth-order valence-electron chi connectivity index (χ4n) is 8.47. The number of hydrogen-bond donors (Lipinski definition) is 0. The van der Waals surface area contributed by atoms with Crippen molar-refractivity contribution in [3.8, 4) is 0 Å². The van der Waals surface area contributed by atoms with Crippen molar-refractivity contribution >= 4 is 5.97 Å². The number of rotatable bonds is 4. The summed E-state index contributed by atoms with van der Waals surface area (Å²) in [5, 5.41) is 0. The predicted molar refractivity (Wildman–Crippen MR) is 106 cm³/mol. The van der Waals surface area contributed by atoms with E-state index in [-0.39, 0.29) is 5.97 Å². The SMILES string of the molecule is COC(=O)CCCC1CCC2C3CCC4CCCCC4(C)C3CC[C@]12C. The van der Waals surface area contributed by atoms with Crippen molar-refractivity contribution in [2.45, 2.75) is 97.3 Å². The normalized spacial score (nSPS) is 47.6. The molecule has 0 aromatic rings.